The number of ether oxygens (including phenoxy) is 1. The lowest BCUT2D eigenvalue weighted by Gasteiger charge is -2.31. The fourth-order valence-electron chi connectivity index (χ4n) is 2.85. The van der Waals surface area contributed by atoms with Crippen molar-refractivity contribution in [1.82, 2.24) is 9.88 Å². The number of carbonyl (C=O) groups excluding carboxylic acids is 1. The third kappa shape index (κ3) is 4.13. The summed E-state index contributed by atoms with van der Waals surface area (Å²) in [4.78, 5) is 18.7. The molecule has 1 N–H and O–H groups in total. The number of rotatable bonds is 4. The number of piperidine rings is 1. The van der Waals surface area contributed by atoms with Crippen LogP contribution in [0.15, 0.2) is 29.6 Å². The summed E-state index contributed by atoms with van der Waals surface area (Å²) in [5.41, 5.74) is 2.91. The number of aryl methyl sites for hydroxylation is 1. The van der Waals surface area contributed by atoms with Gasteiger partial charge in [-0.2, -0.15) is 0 Å². The van der Waals surface area contributed by atoms with Crippen LogP contribution < -0.4 is 5.32 Å². The Morgan fingerprint density at radius 2 is 2.04 bits per heavy atom. The summed E-state index contributed by atoms with van der Waals surface area (Å²) < 4.78 is 5.62. The molecule has 6 heteroatoms. The van der Waals surface area contributed by atoms with E-state index in [1.807, 2.05) is 48.4 Å². The van der Waals surface area contributed by atoms with E-state index in [1.54, 1.807) is 11.3 Å². The molecule has 1 aliphatic rings. The summed E-state index contributed by atoms with van der Waals surface area (Å²) in [6.07, 6.45) is 2.10. The van der Waals surface area contributed by atoms with E-state index in [0.717, 1.165) is 54.5 Å². The molecule has 1 aromatic heterocycles. The summed E-state index contributed by atoms with van der Waals surface area (Å²) in [6.45, 7) is 6.22. The van der Waals surface area contributed by atoms with Gasteiger partial charge in [0.15, 0.2) is 0 Å². The number of likely N-dealkylation sites (tertiary alicyclic amines) is 1. The van der Waals surface area contributed by atoms with Gasteiger partial charge < -0.3 is 15.0 Å². The van der Waals surface area contributed by atoms with Crippen molar-refractivity contribution >= 4 is 23.1 Å². The highest BCUT2D eigenvalue weighted by atomic mass is 32.1. The second-order valence-electron chi connectivity index (χ2n) is 5.94. The van der Waals surface area contributed by atoms with Crippen LogP contribution in [0, 0.1) is 6.92 Å². The van der Waals surface area contributed by atoms with Gasteiger partial charge in [-0.05, 0) is 51.0 Å². The van der Waals surface area contributed by atoms with Crippen LogP contribution in [0.3, 0.4) is 0 Å². The summed E-state index contributed by atoms with van der Waals surface area (Å²) in [7, 11) is 0. The van der Waals surface area contributed by atoms with Gasteiger partial charge in [-0.3, -0.25) is 0 Å². The van der Waals surface area contributed by atoms with Gasteiger partial charge in [-0.25, -0.2) is 9.78 Å². The van der Waals surface area contributed by atoms with Gasteiger partial charge in [-0.15, -0.1) is 11.3 Å². The van der Waals surface area contributed by atoms with Crippen molar-refractivity contribution < 1.29 is 9.53 Å². The number of thiazole rings is 1. The van der Waals surface area contributed by atoms with Crippen molar-refractivity contribution in [1.29, 1.82) is 0 Å². The molecule has 0 saturated carbocycles. The molecule has 1 aliphatic heterocycles. The van der Waals surface area contributed by atoms with Crippen LogP contribution in [0.2, 0.25) is 0 Å². The van der Waals surface area contributed by atoms with Crippen molar-refractivity contribution in [3.05, 3.63) is 35.3 Å². The van der Waals surface area contributed by atoms with E-state index in [2.05, 4.69) is 10.3 Å². The molecule has 3 rings (SSSR count). The number of benzene rings is 1. The smallest absolute Gasteiger partial charge is 0.321 e. The van der Waals surface area contributed by atoms with Gasteiger partial charge in [-0.1, -0.05) is 0 Å². The highest BCUT2D eigenvalue weighted by molar-refractivity contribution is 7.13. The summed E-state index contributed by atoms with van der Waals surface area (Å²) in [5.74, 6) is 0. The second kappa shape index (κ2) is 7.77. The molecule has 0 aliphatic carbocycles. The zero-order chi connectivity index (χ0) is 16.9. The Balaban J connectivity index is 1.55. The van der Waals surface area contributed by atoms with E-state index in [-0.39, 0.29) is 6.03 Å². The molecule has 2 aromatic rings. The fourth-order valence-corrected chi connectivity index (χ4v) is 3.65. The summed E-state index contributed by atoms with van der Waals surface area (Å²) >= 11 is 1.63. The number of nitrogens with one attached hydrogen (secondary N) is 1. The van der Waals surface area contributed by atoms with Crippen LogP contribution in [-0.2, 0) is 4.74 Å². The van der Waals surface area contributed by atoms with E-state index in [0.29, 0.717) is 6.10 Å². The Bertz CT molecular complexity index is 676. The quantitative estimate of drug-likeness (QED) is 0.905. The number of aromatic nitrogens is 1. The number of nitrogens with zero attached hydrogens (tertiary/aromatic N) is 2. The van der Waals surface area contributed by atoms with Gasteiger partial charge in [0.1, 0.15) is 5.01 Å². The number of anilines is 1. The molecule has 0 radical (unpaired) electrons. The van der Waals surface area contributed by atoms with E-state index in [9.17, 15) is 4.79 Å². The van der Waals surface area contributed by atoms with Crippen LogP contribution in [0.1, 0.15) is 25.5 Å². The van der Waals surface area contributed by atoms with Gasteiger partial charge in [0.25, 0.3) is 0 Å². The monoisotopic (exact) mass is 345 g/mol. The van der Waals surface area contributed by atoms with Gasteiger partial charge in [0.2, 0.25) is 0 Å². The van der Waals surface area contributed by atoms with Crippen LogP contribution in [0.25, 0.3) is 10.6 Å². The van der Waals surface area contributed by atoms with E-state index >= 15 is 0 Å². The molecule has 0 spiro atoms. The molecule has 0 unspecified atom stereocenters. The highest BCUT2D eigenvalue weighted by Gasteiger charge is 2.22. The van der Waals surface area contributed by atoms with Crippen molar-refractivity contribution in [2.75, 3.05) is 25.0 Å². The lowest BCUT2D eigenvalue weighted by molar-refractivity contribution is 0.0232. The molecule has 5 nitrogen and oxygen atoms in total. The number of urea groups is 1. The van der Waals surface area contributed by atoms with Crippen molar-refractivity contribution in [3.63, 3.8) is 0 Å². The maximum Gasteiger partial charge on any atom is 0.321 e. The highest BCUT2D eigenvalue weighted by Crippen LogP contribution is 2.25. The normalized spacial score (nSPS) is 15.5. The van der Waals surface area contributed by atoms with Crippen LogP contribution in [0.5, 0.6) is 0 Å². The third-order valence-electron chi connectivity index (χ3n) is 4.13. The first kappa shape index (κ1) is 16.9. The third-order valence-corrected chi connectivity index (χ3v) is 5.14. The minimum absolute atomic E-state index is 0.0391. The molecular formula is C18H23N3O2S. The Kier molecular flexibility index (Phi) is 5.48. The topological polar surface area (TPSA) is 54.5 Å². The molecule has 24 heavy (non-hydrogen) atoms. The van der Waals surface area contributed by atoms with Crippen LogP contribution in [-0.4, -0.2) is 41.7 Å². The number of hydrogen-bond donors (Lipinski definition) is 1. The minimum atomic E-state index is -0.0391. The van der Waals surface area contributed by atoms with E-state index < -0.39 is 0 Å². The van der Waals surface area contributed by atoms with Gasteiger partial charge >= 0.3 is 6.03 Å². The van der Waals surface area contributed by atoms with Crippen molar-refractivity contribution in [3.8, 4) is 10.6 Å². The molecular weight excluding hydrogens is 322 g/mol. The SMILES string of the molecule is CCOC1CCN(C(=O)Nc2ccc(-c3nc(C)cs3)cc2)CC1. The van der Waals surface area contributed by atoms with Crippen LogP contribution in [0.4, 0.5) is 10.5 Å². The Hall–Kier alpha value is -1.92. The molecule has 1 fully saturated rings. The van der Waals surface area contributed by atoms with E-state index in [4.69, 9.17) is 4.74 Å². The Labute approximate surface area is 146 Å². The molecule has 0 atom stereocenters. The van der Waals surface area contributed by atoms with Gasteiger partial charge in [0, 0.05) is 42.0 Å². The predicted octanol–water partition coefficient (Wildman–Crippen LogP) is 4.15. The summed E-state index contributed by atoms with van der Waals surface area (Å²) in [5, 5.41) is 6.01. The zero-order valence-corrected chi connectivity index (χ0v) is 14.9. The molecule has 0 bridgehead atoms. The maximum absolute atomic E-state index is 12.4. The summed E-state index contributed by atoms with van der Waals surface area (Å²) in [6, 6.07) is 7.81. The first-order valence-corrected chi connectivity index (χ1v) is 9.23. The number of amides is 2. The first-order valence-electron chi connectivity index (χ1n) is 8.36. The lowest BCUT2D eigenvalue weighted by Crippen LogP contribution is -2.43. The van der Waals surface area contributed by atoms with Crippen molar-refractivity contribution in [2.45, 2.75) is 32.8 Å². The number of carbonyl (C=O) groups is 1. The van der Waals surface area contributed by atoms with Crippen molar-refractivity contribution in [2.24, 2.45) is 0 Å². The Morgan fingerprint density at radius 3 is 2.62 bits per heavy atom. The molecule has 2 heterocycles. The minimum Gasteiger partial charge on any atom is -0.378 e. The van der Waals surface area contributed by atoms with Crippen LogP contribution >= 0.6 is 11.3 Å². The lowest BCUT2D eigenvalue weighted by atomic mass is 10.1. The predicted molar refractivity (Wildman–Crippen MR) is 97.5 cm³/mol. The molecule has 128 valence electrons. The molecule has 2 amide bonds. The zero-order valence-electron chi connectivity index (χ0n) is 14.1. The molecule has 1 aromatic carbocycles. The maximum atomic E-state index is 12.4. The largest absolute Gasteiger partial charge is 0.378 e. The molecule has 1 saturated heterocycles. The van der Waals surface area contributed by atoms with E-state index in [1.165, 1.54) is 0 Å². The average molecular weight is 345 g/mol. The Morgan fingerprint density at radius 1 is 1.33 bits per heavy atom. The van der Waals surface area contributed by atoms with Gasteiger partial charge in [0.05, 0.1) is 6.10 Å². The number of hydrogen-bond acceptors (Lipinski definition) is 4. The fraction of sp³-hybridized carbons (Fsp3) is 0.444. The second-order valence-corrected chi connectivity index (χ2v) is 6.80. The first-order chi connectivity index (χ1) is 11.7. The average Bonchev–Trinajstić information content (AvgIpc) is 3.03. The standard InChI is InChI=1S/C18H23N3O2S/c1-3-23-16-8-10-21(11-9-16)18(22)20-15-6-4-14(5-7-15)17-19-13(2)12-24-17/h4-7,12,16H,3,8-11H2,1-2H3,(H,20,22).